The molecule has 15 heteroatoms. The van der Waals surface area contributed by atoms with E-state index in [1.54, 1.807) is 32.9 Å². The van der Waals surface area contributed by atoms with Crippen molar-refractivity contribution in [3.63, 3.8) is 0 Å². The number of carbonyl (C=O) groups excluding carboxylic acids is 3. The zero-order chi connectivity index (χ0) is 36.4. The van der Waals surface area contributed by atoms with Crippen LogP contribution in [0.4, 0.5) is 18.0 Å². The molecule has 4 rings (SSSR count). The maximum absolute atomic E-state index is 14.4. The average Bonchev–Trinajstić information content (AvgIpc) is 3.39. The monoisotopic (exact) mass is 725 g/mol. The van der Waals surface area contributed by atoms with E-state index in [0.29, 0.717) is 39.4 Å². The summed E-state index contributed by atoms with van der Waals surface area (Å²) in [6, 6.07) is 5.01. The lowest BCUT2D eigenvalue weighted by atomic mass is 9.78. The average molecular weight is 727 g/mol. The van der Waals surface area contributed by atoms with Crippen LogP contribution in [0.15, 0.2) is 36.4 Å². The molecule has 2 aromatic carbocycles. The molecule has 266 valence electrons. The van der Waals surface area contributed by atoms with Gasteiger partial charge in [-0.15, -0.1) is 0 Å². The Morgan fingerprint density at radius 1 is 1.08 bits per heavy atom. The molecule has 0 bridgehead atoms. The molecule has 49 heavy (non-hydrogen) atoms. The van der Waals surface area contributed by atoms with Gasteiger partial charge in [-0.1, -0.05) is 75.9 Å². The second-order valence-electron chi connectivity index (χ2n) is 12.8. The van der Waals surface area contributed by atoms with Crippen LogP contribution in [0.2, 0.25) is 10.0 Å². The SMILES string of the molecule is CC[C@H](C)C(NC(=O)[C@@]1(NC(=O)C([C@@H](C)CC)N(Cc2cccc(C(F)(F)F)c2)C(=O)O)CCc2[nH]c3c(Cl)cc(Cl)cc3c2C1)C(N)=O. The number of nitrogens with two attached hydrogens (primary N) is 1. The quantitative estimate of drug-likeness (QED) is 0.145. The fourth-order valence-corrected chi connectivity index (χ4v) is 6.95. The van der Waals surface area contributed by atoms with Crippen LogP contribution in [0.25, 0.3) is 10.9 Å². The number of aromatic amines is 1. The van der Waals surface area contributed by atoms with Gasteiger partial charge in [-0.05, 0) is 60.1 Å². The fraction of sp³-hybridized carbons (Fsp3) is 0.471. The predicted molar refractivity (Wildman–Crippen MR) is 180 cm³/mol. The number of nitrogens with zero attached hydrogens (tertiary/aromatic N) is 1. The third-order valence-corrected chi connectivity index (χ3v) is 10.1. The molecule has 2 unspecified atom stereocenters. The van der Waals surface area contributed by atoms with E-state index in [2.05, 4.69) is 15.6 Å². The summed E-state index contributed by atoms with van der Waals surface area (Å²) in [4.78, 5) is 58.0. The van der Waals surface area contributed by atoms with Crippen LogP contribution in [0.3, 0.4) is 0 Å². The summed E-state index contributed by atoms with van der Waals surface area (Å²) in [6.45, 7) is 6.45. The first-order valence-electron chi connectivity index (χ1n) is 16.0. The zero-order valence-electron chi connectivity index (χ0n) is 27.5. The molecule has 0 aliphatic heterocycles. The van der Waals surface area contributed by atoms with Crippen molar-refractivity contribution in [2.45, 2.75) is 90.1 Å². The number of carboxylic acid groups (broad SMARTS) is 1. The Morgan fingerprint density at radius 2 is 1.76 bits per heavy atom. The number of rotatable bonds is 12. The highest BCUT2D eigenvalue weighted by Crippen LogP contribution is 2.39. The lowest BCUT2D eigenvalue weighted by molar-refractivity contribution is -0.139. The maximum Gasteiger partial charge on any atom is 0.416 e. The maximum atomic E-state index is 14.4. The van der Waals surface area contributed by atoms with Gasteiger partial charge in [0.05, 0.1) is 16.1 Å². The van der Waals surface area contributed by atoms with Crippen LogP contribution < -0.4 is 16.4 Å². The number of carbonyl (C=O) groups is 4. The van der Waals surface area contributed by atoms with Crippen molar-refractivity contribution < 1.29 is 37.5 Å². The number of amides is 4. The van der Waals surface area contributed by atoms with Crippen LogP contribution in [0.1, 0.15) is 69.3 Å². The predicted octanol–water partition coefficient (Wildman–Crippen LogP) is 6.45. The number of fused-ring (bicyclic) bond motifs is 3. The lowest BCUT2D eigenvalue weighted by Gasteiger charge is -2.41. The van der Waals surface area contributed by atoms with E-state index in [-0.39, 0.29) is 30.7 Å². The van der Waals surface area contributed by atoms with Crippen LogP contribution in [-0.2, 0) is 39.9 Å². The Labute approximate surface area is 291 Å². The van der Waals surface area contributed by atoms with Gasteiger partial charge in [0, 0.05) is 29.1 Å². The van der Waals surface area contributed by atoms with Crippen molar-refractivity contribution in [2.75, 3.05) is 0 Å². The van der Waals surface area contributed by atoms with Gasteiger partial charge in [0.15, 0.2) is 0 Å². The van der Waals surface area contributed by atoms with Gasteiger partial charge >= 0.3 is 12.3 Å². The number of aromatic nitrogens is 1. The van der Waals surface area contributed by atoms with Crippen molar-refractivity contribution in [3.05, 3.63) is 68.8 Å². The number of primary amides is 1. The van der Waals surface area contributed by atoms with E-state index >= 15 is 0 Å². The van der Waals surface area contributed by atoms with E-state index in [0.717, 1.165) is 22.7 Å². The third-order valence-electron chi connectivity index (χ3n) is 9.54. The van der Waals surface area contributed by atoms with Gasteiger partial charge in [0.1, 0.15) is 17.6 Å². The number of hydrogen-bond donors (Lipinski definition) is 5. The third kappa shape index (κ3) is 8.09. The van der Waals surface area contributed by atoms with Gasteiger partial charge < -0.3 is 26.5 Å². The Bertz CT molecular complexity index is 1750. The Kier molecular flexibility index (Phi) is 11.5. The van der Waals surface area contributed by atoms with Gasteiger partial charge in [-0.2, -0.15) is 13.2 Å². The van der Waals surface area contributed by atoms with Gasteiger partial charge in [0.2, 0.25) is 17.7 Å². The van der Waals surface area contributed by atoms with E-state index in [9.17, 15) is 37.5 Å². The highest BCUT2D eigenvalue weighted by Gasteiger charge is 2.48. The van der Waals surface area contributed by atoms with E-state index < -0.39 is 65.6 Å². The van der Waals surface area contributed by atoms with Gasteiger partial charge in [-0.3, -0.25) is 19.3 Å². The molecule has 0 fully saturated rings. The molecule has 6 N–H and O–H groups in total. The van der Waals surface area contributed by atoms with Crippen molar-refractivity contribution in [1.29, 1.82) is 0 Å². The molecular weight excluding hydrogens is 686 g/mol. The normalized spacial score (nSPS) is 18.6. The summed E-state index contributed by atoms with van der Waals surface area (Å²) in [7, 11) is 0. The molecule has 0 radical (unpaired) electrons. The number of H-pyrrole nitrogens is 1. The first-order chi connectivity index (χ1) is 22.9. The highest BCUT2D eigenvalue weighted by atomic mass is 35.5. The summed E-state index contributed by atoms with van der Waals surface area (Å²) in [6.07, 6.45) is -5.12. The molecule has 4 amide bonds. The molecule has 1 aliphatic carbocycles. The number of benzene rings is 2. The number of hydrogen-bond acceptors (Lipinski definition) is 4. The van der Waals surface area contributed by atoms with Crippen LogP contribution in [0, 0.1) is 11.8 Å². The van der Waals surface area contributed by atoms with Crippen molar-refractivity contribution in [3.8, 4) is 0 Å². The molecule has 1 aromatic heterocycles. The summed E-state index contributed by atoms with van der Waals surface area (Å²) < 4.78 is 40.4. The zero-order valence-corrected chi connectivity index (χ0v) is 29.0. The molecule has 0 saturated carbocycles. The van der Waals surface area contributed by atoms with Crippen LogP contribution in [-0.4, -0.2) is 56.4 Å². The van der Waals surface area contributed by atoms with E-state index in [4.69, 9.17) is 28.9 Å². The molecule has 1 aliphatic rings. The largest absolute Gasteiger partial charge is 0.465 e. The molecular formula is C34H40Cl2F3N5O5. The number of nitrogens with one attached hydrogen (secondary N) is 3. The second kappa shape index (κ2) is 14.9. The van der Waals surface area contributed by atoms with Crippen molar-refractivity contribution in [1.82, 2.24) is 20.5 Å². The summed E-state index contributed by atoms with van der Waals surface area (Å²) in [5.41, 5.74) is 5.05. The minimum Gasteiger partial charge on any atom is -0.465 e. The number of halogens is 5. The Balaban J connectivity index is 1.79. The molecule has 0 saturated heterocycles. The lowest BCUT2D eigenvalue weighted by Crippen LogP contribution is -2.67. The molecule has 10 nitrogen and oxygen atoms in total. The Morgan fingerprint density at radius 3 is 2.35 bits per heavy atom. The molecule has 1 heterocycles. The van der Waals surface area contributed by atoms with Crippen molar-refractivity contribution >= 4 is 57.9 Å². The van der Waals surface area contributed by atoms with Crippen LogP contribution >= 0.6 is 23.2 Å². The number of aryl methyl sites for hydroxylation is 1. The molecule has 3 aromatic rings. The van der Waals surface area contributed by atoms with Crippen LogP contribution in [0.5, 0.6) is 0 Å². The molecule has 5 atom stereocenters. The van der Waals surface area contributed by atoms with Gasteiger partial charge in [0.25, 0.3) is 0 Å². The number of alkyl halides is 3. The molecule has 0 spiro atoms. The highest BCUT2D eigenvalue weighted by molar-refractivity contribution is 6.38. The van der Waals surface area contributed by atoms with Gasteiger partial charge in [-0.25, -0.2) is 4.79 Å². The summed E-state index contributed by atoms with van der Waals surface area (Å²) >= 11 is 12.8. The first kappa shape index (κ1) is 37.8. The topological polar surface area (TPSA) is 158 Å². The van der Waals surface area contributed by atoms with E-state index in [1.807, 2.05) is 6.92 Å². The minimum absolute atomic E-state index is 0.0264. The van der Waals surface area contributed by atoms with Crippen molar-refractivity contribution in [2.24, 2.45) is 17.6 Å². The fourth-order valence-electron chi connectivity index (χ4n) is 6.41. The Hall–Kier alpha value is -3.97. The second-order valence-corrected chi connectivity index (χ2v) is 13.7. The van der Waals surface area contributed by atoms with E-state index in [1.165, 1.54) is 12.1 Å². The summed E-state index contributed by atoms with van der Waals surface area (Å²) in [5.74, 6) is -3.24. The standard InChI is InChI=1S/C34H40Cl2F3N5O5/c1-5-17(3)26(29(40)45)42-31(47)33(11-10-25-23(15-33)22-13-21(35)14-24(36)27(22)41-25)43-30(46)28(18(4)6-2)44(32(48)49)16-19-8-7-9-20(12-19)34(37,38)39/h7-9,12-14,17-18,26,28,41H,5-6,10-11,15-16H2,1-4H3,(H2,40,45)(H,42,47)(H,43,46)(H,48,49)/t17-,18-,26?,28?,33+/m0/s1. The first-order valence-corrected chi connectivity index (χ1v) is 16.7. The minimum atomic E-state index is -4.66. The smallest absolute Gasteiger partial charge is 0.416 e. The summed E-state index contributed by atoms with van der Waals surface area (Å²) in [5, 5.41) is 17.2.